The minimum atomic E-state index is -0.474. The first kappa shape index (κ1) is 25.5. The van der Waals surface area contributed by atoms with E-state index in [9.17, 15) is 14.9 Å². The highest BCUT2D eigenvalue weighted by atomic mass is 32.2. The van der Waals surface area contributed by atoms with Gasteiger partial charge in [0.05, 0.1) is 33.5 Å². The number of nitrogens with zero attached hydrogens (tertiary/aromatic N) is 4. The van der Waals surface area contributed by atoms with Crippen LogP contribution in [-0.4, -0.2) is 56.7 Å². The molecule has 0 unspecified atom stereocenters. The van der Waals surface area contributed by atoms with E-state index in [0.717, 1.165) is 5.69 Å². The summed E-state index contributed by atoms with van der Waals surface area (Å²) in [7, 11) is 1.62. The fourth-order valence-corrected chi connectivity index (χ4v) is 5.00. The zero-order valence-electron chi connectivity index (χ0n) is 19.7. The van der Waals surface area contributed by atoms with Crippen molar-refractivity contribution in [1.29, 1.82) is 0 Å². The van der Waals surface area contributed by atoms with Crippen LogP contribution in [0.3, 0.4) is 0 Å². The maximum absolute atomic E-state index is 13.0. The Balaban J connectivity index is 1.75. The summed E-state index contributed by atoms with van der Waals surface area (Å²) in [6, 6.07) is 16.0. The predicted octanol–water partition coefficient (Wildman–Crippen LogP) is 5.08. The molecular weight excluding hydrogens is 500 g/mol. The average Bonchev–Trinajstić information content (AvgIpc) is 3.41. The van der Waals surface area contributed by atoms with Crippen molar-refractivity contribution in [3.05, 3.63) is 75.3 Å². The predicted molar refractivity (Wildman–Crippen MR) is 143 cm³/mol. The molecule has 2 aromatic carbocycles. The number of nitro groups is 1. The molecule has 0 atom stereocenters. The zero-order valence-corrected chi connectivity index (χ0v) is 21.4. The normalized spacial score (nSPS) is 14.6. The van der Waals surface area contributed by atoms with Crippen LogP contribution in [0.15, 0.2) is 59.5 Å². The van der Waals surface area contributed by atoms with Crippen LogP contribution in [0.5, 0.6) is 5.75 Å². The summed E-state index contributed by atoms with van der Waals surface area (Å²) in [5, 5.41) is 16.3. The molecule has 0 bridgehead atoms. The summed E-state index contributed by atoms with van der Waals surface area (Å²) in [5.74, 6) is 0.0336. The number of thiocarbonyl (C=S) groups is 1. The van der Waals surface area contributed by atoms with E-state index >= 15 is 0 Å². The number of aromatic nitrogens is 2. The molecule has 0 radical (unpaired) electrons. The van der Waals surface area contributed by atoms with Crippen molar-refractivity contribution in [1.82, 2.24) is 14.7 Å². The fraction of sp³-hybridized carbons (Fsp3) is 0.240. The van der Waals surface area contributed by atoms with Crippen LogP contribution in [0, 0.1) is 10.1 Å². The van der Waals surface area contributed by atoms with Crippen LogP contribution in [-0.2, 0) is 9.53 Å². The molecule has 2 heterocycles. The van der Waals surface area contributed by atoms with Gasteiger partial charge in [0.15, 0.2) is 5.75 Å². The minimum absolute atomic E-state index is 0.137. The second kappa shape index (κ2) is 11.5. The van der Waals surface area contributed by atoms with E-state index in [1.165, 1.54) is 17.8 Å². The molecule has 1 saturated heterocycles. The lowest BCUT2D eigenvalue weighted by molar-refractivity contribution is -0.385. The number of para-hydroxylation sites is 1. The summed E-state index contributed by atoms with van der Waals surface area (Å²) in [5.41, 5.74) is 2.37. The highest BCUT2D eigenvalue weighted by Crippen LogP contribution is 2.35. The molecule has 4 rings (SSSR count). The van der Waals surface area contributed by atoms with Crippen molar-refractivity contribution in [3.8, 4) is 22.7 Å². The Morgan fingerprint density at radius 1 is 1.19 bits per heavy atom. The quantitative estimate of drug-likeness (QED) is 0.119. The lowest BCUT2D eigenvalue weighted by atomic mass is 10.1. The van der Waals surface area contributed by atoms with Crippen LogP contribution in [0.25, 0.3) is 23.0 Å². The number of nitro benzene ring substituents is 1. The summed E-state index contributed by atoms with van der Waals surface area (Å²) in [6.45, 7) is 3.10. The van der Waals surface area contributed by atoms with E-state index in [-0.39, 0.29) is 17.3 Å². The van der Waals surface area contributed by atoms with Gasteiger partial charge in [-0.25, -0.2) is 4.68 Å². The van der Waals surface area contributed by atoms with Crippen molar-refractivity contribution >= 4 is 46.0 Å². The molecule has 1 aliphatic rings. The van der Waals surface area contributed by atoms with Gasteiger partial charge in [0.2, 0.25) is 0 Å². The van der Waals surface area contributed by atoms with Crippen LogP contribution >= 0.6 is 24.0 Å². The Bertz CT molecular complexity index is 1320. The molecule has 0 spiro atoms. The van der Waals surface area contributed by atoms with Gasteiger partial charge in [-0.2, -0.15) is 5.10 Å². The second-order valence-corrected chi connectivity index (χ2v) is 9.43. The first-order valence-electron chi connectivity index (χ1n) is 11.2. The maximum Gasteiger partial charge on any atom is 0.311 e. The van der Waals surface area contributed by atoms with E-state index in [1.807, 2.05) is 30.3 Å². The fourth-order valence-electron chi connectivity index (χ4n) is 3.71. The number of methoxy groups -OCH3 is 1. The van der Waals surface area contributed by atoms with Gasteiger partial charge in [-0.15, -0.1) is 0 Å². The number of hydrogen-bond donors (Lipinski definition) is 0. The van der Waals surface area contributed by atoms with Crippen LogP contribution < -0.4 is 4.74 Å². The third kappa shape index (κ3) is 5.48. The molecule has 11 heteroatoms. The molecule has 0 aliphatic carbocycles. The third-order valence-corrected chi connectivity index (χ3v) is 6.75. The molecule has 3 aromatic rings. The van der Waals surface area contributed by atoms with Gasteiger partial charge in [-0.05, 0) is 49.8 Å². The smallest absolute Gasteiger partial charge is 0.311 e. The van der Waals surface area contributed by atoms with Crippen molar-refractivity contribution in [2.45, 2.75) is 13.3 Å². The van der Waals surface area contributed by atoms with E-state index < -0.39 is 4.92 Å². The zero-order chi connectivity index (χ0) is 25.7. The molecule has 0 saturated carbocycles. The average molecular weight is 525 g/mol. The van der Waals surface area contributed by atoms with Gasteiger partial charge in [-0.3, -0.25) is 19.8 Å². The van der Waals surface area contributed by atoms with Gasteiger partial charge < -0.3 is 9.47 Å². The molecule has 1 aliphatic heterocycles. The second-order valence-electron chi connectivity index (χ2n) is 7.75. The molecule has 1 aromatic heterocycles. The highest BCUT2D eigenvalue weighted by molar-refractivity contribution is 8.26. The highest BCUT2D eigenvalue weighted by Gasteiger charge is 2.32. The molecule has 1 fully saturated rings. The molecule has 186 valence electrons. The van der Waals surface area contributed by atoms with E-state index in [4.69, 9.17) is 26.8 Å². The topological polar surface area (TPSA) is 99.7 Å². The van der Waals surface area contributed by atoms with Crippen molar-refractivity contribution in [2.75, 3.05) is 26.9 Å². The molecular formula is C25H24N4O5S2. The summed E-state index contributed by atoms with van der Waals surface area (Å²) < 4.78 is 12.7. The minimum Gasteiger partial charge on any atom is -0.487 e. The third-order valence-electron chi connectivity index (χ3n) is 5.37. The Labute approximate surface area is 217 Å². The molecule has 36 heavy (non-hydrogen) atoms. The number of amides is 1. The van der Waals surface area contributed by atoms with Crippen molar-refractivity contribution in [2.24, 2.45) is 0 Å². The van der Waals surface area contributed by atoms with Gasteiger partial charge in [0.25, 0.3) is 5.91 Å². The van der Waals surface area contributed by atoms with Crippen LogP contribution in [0.4, 0.5) is 5.69 Å². The summed E-state index contributed by atoms with van der Waals surface area (Å²) in [4.78, 5) is 26.3. The number of rotatable bonds is 10. The largest absolute Gasteiger partial charge is 0.487 e. The number of benzene rings is 2. The van der Waals surface area contributed by atoms with E-state index in [0.29, 0.717) is 52.4 Å². The maximum atomic E-state index is 13.0. The van der Waals surface area contributed by atoms with E-state index in [1.54, 1.807) is 47.9 Å². The standard InChI is InChI=1S/C25H24N4O5S2/c1-3-34-22-11-10-17(14-21(22)29(31)32)20-15-19(28(26-20)18-8-5-4-6-9-18)16-23-24(30)27(25(35)36-23)12-7-13-33-2/h4-6,8-11,14-16H,3,7,12-13H2,1-2H3. The van der Waals surface area contributed by atoms with Gasteiger partial charge in [0, 0.05) is 31.9 Å². The molecule has 9 nitrogen and oxygen atoms in total. The lowest BCUT2D eigenvalue weighted by Crippen LogP contribution is -2.29. The molecule has 1 amide bonds. The number of carbonyl (C=O) groups is 1. The van der Waals surface area contributed by atoms with Crippen LogP contribution in [0.1, 0.15) is 19.0 Å². The Morgan fingerprint density at radius 2 is 1.97 bits per heavy atom. The van der Waals surface area contributed by atoms with Crippen molar-refractivity contribution in [3.63, 3.8) is 0 Å². The Kier molecular flexibility index (Phi) is 8.14. The number of carbonyl (C=O) groups excluding carboxylic acids is 1. The number of hydrogen-bond acceptors (Lipinski definition) is 8. The Hall–Kier alpha value is -3.54. The van der Waals surface area contributed by atoms with Gasteiger partial charge in [-0.1, -0.05) is 42.2 Å². The summed E-state index contributed by atoms with van der Waals surface area (Å²) in [6.07, 6.45) is 2.43. The SMILES string of the molecule is CCOc1ccc(-c2cc(C=C3SC(=S)N(CCCOC)C3=O)n(-c3ccccc3)n2)cc1[N+](=O)[O-]. The van der Waals surface area contributed by atoms with E-state index in [2.05, 4.69) is 0 Å². The van der Waals surface area contributed by atoms with Gasteiger partial charge in [0.1, 0.15) is 4.32 Å². The van der Waals surface area contributed by atoms with Gasteiger partial charge >= 0.3 is 5.69 Å². The first-order valence-corrected chi connectivity index (χ1v) is 12.5. The molecule has 0 N–H and O–H groups in total. The summed E-state index contributed by atoms with van der Waals surface area (Å²) >= 11 is 6.67. The number of ether oxygens (including phenoxy) is 2. The Morgan fingerprint density at radius 3 is 2.67 bits per heavy atom. The van der Waals surface area contributed by atoms with Crippen molar-refractivity contribution < 1.29 is 19.2 Å². The monoisotopic (exact) mass is 524 g/mol. The number of thioether (sulfide) groups is 1. The van der Waals surface area contributed by atoms with Crippen LogP contribution in [0.2, 0.25) is 0 Å². The first-order chi connectivity index (χ1) is 17.4. The lowest BCUT2D eigenvalue weighted by Gasteiger charge is -2.13.